The van der Waals surface area contributed by atoms with E-state index in [4.69, 9.17) is 10.5 Å². The monoisotopic (exact) mass is 175 g/mol. The van der Waals surface area contributed by atoms with Crippen LogP contribution in [0.25, 0.3) is 0 Å². The van der Waals surface area contributed by atoms with Gasteiger partial charge in [-0.2, -0.15) is 11.8 Å². The Hall–Kier alpha value is 0.270. The van der Waals surface area contributed by atoms with Crippen molar-refractivity contribution < 1.29 is 4.74 Å². The van der Waals surface area contributed by atoms with Gasteiger partial charge in [0.1, 0.15) is 0 Å². The summed E-state index contributed by atoms with van der Waals surface area (Å²) >= 11 is 2.03. The van der Waals surface area contributed by atoms with Crippen LogP contribution in [0.3, 0.4) is 0 Å². The van der Waals surface area contributed by atoms with Gasteiger partial charge in [-0.05, 0) is 36.8 Å². The third-order valence-electron chi connectivity index (χ3n) is 2.24. The summed E-state index contributed by atoms with van der Waals surface area (Å²) in [5.74, 6) is 3.32. The second-order valence-electron chi connectivity index (χ2n) is 2.98. The van der Waals surface area contributed by atoms with Crippen LogP contribution in [0.15, 0.2) is 0 Å². The lowest BCUT2D eigenvalue weighted by Crippen LogP contribution is -2.25. The lowest BCUT2D eigenvalue weighted by Gasteiger charge is -2.20. The number of methoxy groups -OCH3 is 1. The van der Waals surface area contributed by atoms with Gasteiger partial charge >= 0.3 is 0 Å². The summed E-state index contributed by atoms with van der Waals surface area (Å²) in [5.41, 5.74) is 5.49. The summed E-state index contributed by atoms with van der Waals surface area (Å²) in [6.45, 7) is 0.750. The maximum Gasteiger partial charge on any atom is 0.0619 e. The number of thioether (sulfide) groups is 1. The van der Waals surface area contributed by atoms with Gasteiger partial charge in [-0.25, -0.2) is 0 Å². The number of nitrogens with two attached hydrogens (primary N) is 1. The summed E-state index contributed by atoms with van der Waals surface area (Å²) in [6, 6.07) is 0. The molecule has 3 heteroatoms. The summed E-state index contributed by atoms with van der Waals surface area (Å²) in [6.07, 6.45) is 2.74. The first-order valence-corrected chi connectivity index (χ1v) is 5.34. The highest BCUT2D eigenvalue weighted by Crippen LogP contribution is 2.28. The first kappa shape index (κ1) is 9.36. The maximum atomic E-state index is 5.49. The van der Waals surface area contributed by atoms with E-state index in [1.807, 2.05) is 11.8 Å². The van der Waals surface area contributed by atoms with Crippen molar-refractivity contribution in [1.82, 2.24) is 0 Å². The summed E-state index contributed by atoms with van der Waals surface area (Å²) in [7, 11) is 1.79. The summed E-state index contributed by atoms with van der Waals surface area (Å²) < 4.78 is 5.38. The van der Waals surface area contributed by atoms with E-state index in [-0.39, 0.29) is 0 Å². The fraction of sp³-hybridized carbons (Fsp3) is 1.00. The van der Waals surface area contributed by atoms with Crippen molar-refractivity contribution in [3.8, 4) is 0 Å². The van der Waals surface area contributed by atoms with Crippen molar-refractivity contribution in [1.29, 1.82) is 0 Å². The highest BCUT2D eigenvalue weighted by atomic mass is 32.2. The Kier molecular flexibility index (Phi) is 4.26. The normalized spacial score (nSPS) is 27.3. The zero-order valence-corrected chi connectivity index (χ0v) is 7.90. The lowest BCUT2D eigenvalue weighted by molar-refractivity contribution is 0.0564. The molecule has 1 rings (SSSR count). The number of hydrogen-bond acceptors (Lipinski definition) is 3. The van der Waals surface area contributed by atoms with E-state index >= 15 is 0 Å². The molecule has 0 aromatic heterocycles. The minimum atomic E-state index is 0.412. The molecular weight excluding hydrogens is 158 g/mol. The van der Waals surface area contributed by atoms with Crippen LogP contribution in [0.5, 0.6) is 0 Å². The number of rotatable bonds is 4. The molecule has 66 valence electrons. The molecule has 1 heterocycles. The summed E-state index contributed by atoms with van der Waals surface area (Å²) in [5, 5.41) is 0. The Morgan fingerprint density at radius 1 is 1.73 bits per heavy atom. The van der Waals surface area contributed by atoms with Crippen LogP contribution >= 0.6 is 11.8 Å². The summed E-state index contributed by atoms with van der Waals surface area (Å²) in [4.78, 5) is 0. The van der Waals surface area contributed by atoms with Gasteiger partial charge in [0.25, 0.3) is 0 Å². The minimum absolute atomic E-state index is 0.412. The van der Waals surface area contributed by atoms with Gasteiger partial charge < -0.3 is 10.5 Å². The van der Waals surface area contributed by atoms with Gasteiger partial charge in [-0.1, -0.05) is 0 Å². The third-order valence-corrected chi connectivity index (χ3v) is 3.43. The molecule has 0 aliphatic carbocycles. The SMILES string of the molecule is COC(CCN)C1CCSC1. The third kappa shape index (κ3) is 2.65. The molecule has 0 aromatic rings. The second-order valence-corrected chi connectivity index (χ2v) is 4.13. The Morgan fingerprint density at radius 2 is 2.55 bits per heavy atom. The maximum absolute atomic E-state index is 5.49. The molecule has 1 aliphatic heterocycles. The molecule has 2 nitrogen and oxygen atoms in total. The van der Waals surface area contributed by atoms with Crippen molar-refractivity contribution in [3.63, 3.8) is 0 Å². The fourth-order valence-electron chi connectivity index (χ4n) is 1.56. The van der Waals surface area contributed by atoms with E-state index in [0.717, 1.165) is 18.9 Å². The second kappa shape index (κ2) is 5.01. The molecule has 1 aliphatic rings. The molecule has 0 aromatic carbocycles. The molecule has 0 bridgehead atoms. The number of hydrogen-bond donors (Lipinski definition) is 1. The molecule has 11 heavy (non-hydrogen) atoms. The molecular formula is C8H17NOS. The Bertz CT molecular complexity index is 104. The predicted molar refractivity (Wildman–Crippen MR) is 49.9 cm³/mol. The van der Waals surface area contributed by atoms with Crippen molar-refractivity contribution >= 4 is 11.8 Å². The van der Waals surface area contributed by atoms with Gasteiger partial charge in [0.05, 0.1) is 6.10 Å². The first-order chi connectivity index (χ1) is 5.38. The standard InChI is InChI=1S/C8H17NOS/c1-10-8(2-4-9)7-3-5-11-6-7/h7-8H,2-6,9H2,1H3. The minimum Gasteiger partial charge on any atom is -0.381 e. The zero-order chi connectivity index (χ0) is 8.10. The van der Waals surface area contributed by atoms with Crippen LogP contribution in [0.4, 0.5) is 0 Å². The van der Waals surface area contributed by atoms with Gasteiger partial charge in [-0.15, -0.1) is 0 Å². The van der Waals surface area contributed by atoms with Crippen LogP contribution in [0, 0.1) is 5.92 Å². The van der Waals surface area contributed by atoms with Gasteiger partial charge in [0, 0.05) is 7.11 Å². The Balaban J connectivity index is 2.27. The van der Waals surface area contributed by atoms with E-state index in [0.29, 0.717) is 6.10 Å². The van der Waals surface area contributed by atoms with E-state index < -0.39 is 0 Å². The molecule has 1 fully saturated rings. The Morgan fingerprint density at radius 3 is 3.00 bits per heavy atom. The van der Waals surface area contributed by atoms with E-state index in [9.17, 15) is 0 Å². The lowest BCUT2D eigenvalue weighted by atomic mass is 9.99. The molecule has 2 unspecified atom stereocenters. The van der Waals surface area contributed by atoms with E-state index in [2.05, 4.69) is 0 Å². The number of ether oxygens (including phenoxy) is 1. The molecule has 0 amide bonds. The molecule has 0 radical (unpaired) electrons. The van der Waals surface area contributed by atoms with Crippen LogP contribution in [-0.2, 0) is 4.74 Å². The van der Waals surface area contributed by atoms with Crippen molar-refractivity contribution in [2.75, 3.05) is 25.2 Å². The topological polar surface area (TPSA) is 35.2 Å². The van der Waals surface area contributed by atoms with Crippen LogP contribution in [-0.4, -0.2) is 31.3 Å². The average molecular weight is 175 g/mol. The van der Waals surface area contributed by atoms with Crippen molar-refractivity contribution in [2.24, 2.45) is 11.7 Å². The predicted octanol–water partition coefficient (Wildman–Crippen LogP) is 1.10. The first-order valence-electron chi connectivity index (χ1n) is 4.19. The van der Waals surface area contributed by atoms with E-state index in [1.165, 1.54) is 17.9 Å². The highest BCUT2D eigenvalue weighted by molar-refractivity contribution is 7.99. The van der Waals surface area contributed by atoms with Crippen molar-refractivity contribution in [2.45, 2.75) is 18.9 Å². The van der Waals surface area contributed by atoms with E-state index in [1.54, 1.807) is 7.11 Å². The van der Waals surface area contributed by atoms with Crippen LogP contribution in [0.1, 0.15) is 12.8 Å². The van der Waals surface area contributed by atoms with Crippen LogP contribution in [0.2, 0.25) is 0 Å². The van der Waals surface area contributed by atoms with Gasteiger partial charge in [-0.3, -0.25) is 0 Å². The van der Waals surface area contributed by atoms with Crippen LogP contribution < -0.4 is 5.73 Å². The smallest absolute Gasteiger partial charge is 0.0619 e. The molecule has 2 N–H and O–H groups in total. The van der Waals surface area contributed by atoms with Crippen molar-refractivity contribution in [3.05, 3.63) is 0 Å². The molecule has 2 atom stereocenters. The molecule has 1 saturated heterocycles. The largest absolute Gasteiger partial charge is 0.381 e. The molecule has 0 saturated carbocycles. The van der Waals surface area contributed by atoms with Gasteiger partial charge in [0.15, 0.2) is 0 Å². The quantitative estimate of drug-likeness (QED) is 0.695. The van der Waals surface area contributed by atoms with Gasteiger partial charge in [0.2, 0.25) is 0 Å². The molecule has 0 spiro atoms. The zero-order valence-electron chi connectivity index (χ0n) is 7.08. The fourth-order valence-corrected chi connectivity index (χ4v) is 2.88. The average Bonchev–Trinajstić information content (AvgIpc) is 2.52. The highest BCUT2D eigenvalue weighted by Gasteiger charge is 2.24. The Labute approximate surface area is 72.9 Å².